The van der Waals surface area contributed by atoms with E-state index in [4.69, 9.17) is 9.47 Å². The van der Waals surface area contributed by atoms with Gasteiger partial charge in [-0.1, -0.05) is 12.1 Å². The molecule has 0 bridgehead atoms. The highest BCUT2D eigenvalue weighted by molar-refractivity contribution is 5.81. The Balaban J connectivity index is 1.97. The van der Waals surface area contributed by atoms with Crippen LogP contribution in [-0.4, -0.2) is 62.1 Å². The van der Waals surface area contributed by atoms with Crippen molar-refractivity contribution in [3.05, 3.63) is 24.3 Å². The average Bonchev–Trinajstić information content (AvgIpc) is 2.48. The van der Waals surface area contributed by atoms with Crippen molar-refractivity contribution in [2.45, 2.75) is 13.0 Å². The molecule has 1 unspecified atom stereocenters. The maximum Gasteiger partial charge on any atom is 0.263 e. The lowest BCUT2D eigenvalue weighted by atomic mass is 10.2. The number of carbonyl (C=O) groups excluding carboxylic acids is 1. The van der Waals surface area contributed by atoms with Crippen molar-refractivity contribution in [3.8, 4) is 11.5 Å². The molecule has 0 radical (unpaired) electrons. The zero-order valence-electron chi connectivity index (χ0n) is 12.3. The van der Waals surface area contributed by atoms with Gasteiger partial charge in [-0.2, -0.15) is 0 Å². The predicted molar refractivity (Wildman–Crippen MR) is 77.2 cm³/mol. The summed E-state index contributed by atoms with van der Waals surface area (Å²) in [6.07, 6.45) is -0.505. The summed E-state index contributed by atoms with van der Waals surface area (Å²) in [6, 6.07) is 7.37. The number of nitrogens with zero attached hydrogens (tertiary/aromatic N) is 2. The summed E-state index contributed by atoms with van der Waals surface area (Å²) in [5.41, 5.74) is 0. The Hall–Kier alpha value is -1.75. The Labute approximate surface area is 120 Å². The topological polar surface area (TPSA) is 42.0 Å². The fraction of sp³-hybridized carbons (Fsp3) is 0.533. The van der Waals surface area contributed by atoms with E-state index < -0.39 is 6.10 Å². The van der Waals surface area contributed by atoms with Crippen molar-refractivity contribution >= 4 is 5.91 Å². The third-order valence-electron chi connectivity index (χ3n) is 3.54. The molecular formula is C15H22N2O3. The van der Waals surface area contributed by atoms with Crippen LogP contribution in [0.25, 0.3) is 0 Å². The van der Waals surface area contributed by atoms with Crippen LogP contribution in [0.4, 0.5) is 0 Å². The third-order valence-corrected chi connectivity index (χ3v) is 3.54. The quantitative estimate of drug-likeness (QED) is 0.831. The van der Waals surface area contributed by atoms with Gasteiger partial charge in [-0.05, 0) is 26.1 Å². The van der Waals surface area contributed by atoms with Gasteiger partial charge >= 0.3 is 0 Å². The molecule has 110 valence electrons. The first-order valence-corrected chi connectivity index (χ1v) is 6.89. The van der Waals surface area contributed by atoms with E-state index in [-0.39, 0.29) is 5.91 Å². The molecule has 0 saturated carbocycles. The second kappa shape index (κ2) is 6.61. The van der Waals surface area contributed by atoms with Crippen molar-refractivity contribution in [2.24, 2.45) is 0 Å². The van der Waals surface area contributed by atoms with E-state index >= 15 is 0 Å². The highest BCUT2D eigenvalue weighted by atomic mass is 16.5. The lowest BCUT2D eigenvalue weighted by Crippen LogP contribution is -2.50. The van der Waals surface area contributed by atoms with E-state index in [2.05, 4.69) is 11.9 Å². The maximum absolute atomic E-state index is 12.4. The first kappa shape index (κ1) is 14.7. The molecule has 0 aliphatic carbocycles. The molecule has 0 N–H and O–H groups in total. The van der Waals surface area contributed by atoms with Crippen molar-refractivity contribution in [3.63, 3.8) is 0 Å². The normalized spacial score (nSPS) is 17.6. The Bertz CT molecular complexity index is 456. The molecule has 1 aromatic rings. The molecule has 1 aliphatic heterocycles. The van der Waals surface area contributed by atoms with Crippen LogP contribution in [0.1, 0.15) is 6.92 Å². The van der Waals surface area contributed by atoms with Gasteiger partial charge in [-0.3, -0.25) is 4.79 Å². The molecule has 1 saturated heterocycles. The summed E-state index contributed by atoms with van der Waals surface area (Å²) in [6.45, 7) is 5.12. The molecule has 1 fully saturated rings. The second-order valence-electron chi connectivity index (χ2n) is 5.04. The van der Waals surface area contributed by atoms with E-state index in [9.17, 15) is 4.79 Å². The van der Waals surface area contributed by atoms with Crippen molar-refractivity contribution in [1.29, 1.82) is 0 Å². The predicted octanol–water partition coefficient (Wildman–Crippen LogP) is 1.24. The van der Waals surface area contributed by atoms with Crippen LogP contribution in [0.3, 0.4) is 0 Å². The minimum absolute atomic E-state index is 0.0315. The summed E-state index contributed by atoms with van der Waals surface area (Å²) >= 11 is 0. The van der Waals surface area contributed by atoms with E-state index in [0.717, 1.165) is 26.2 Å². The third kappa shape index (κ3) is 3.42. The van der Waals surface area contributed by atoms with Gasteiger partial charge in [-0.25, -0.2) is 0 Å². The van der Waals surface area contributed by atoms with E-state index in [1.807, 2.05) is 29.2 Å². The number of carbonyl (C=O) groups is 1. The zero-order valence-corrected chi connectivity index (χ0v) is 12.3. The smallest absolute Gasteiger partial charge is 0.263 e. The first-order chi connectivity index (χ1) is 9.61. The standard InChI is InChI=1S/C15H22N2O3/c1-12(15(18)17-10-8-16(2)9-11-17)20-14-7-5-4-6-13(14)19-3/h4-7,12H,8-11H2,1-3H3. The lowest BCUT2D eigenvalue weighted by molar-refractivity contribution is -0.139. The molecule has 1 aliphatic rings. The van der Waals surface area contributed by atoms with Gasteiger partial charge < -0.3 is 19.3 Å². The van der Waals surface area contributed by atoms with E-state index in [1.165, 1.54) is 0 Å². The Kier molecular flexibility index (Phi) is 4.84. The summed E-state index contributed by atoms with van der Waals surface area (Å²) in [7, 11) is 3.66. The largest absolute Gasteiger partial charge is 0.493 e. The van der Waals surface area contributed by atoms with Gasteiger partial charge in [0.25, 0.3) is 5.91 Å². The molecule has 1 aromatic carbocycles. The van der Waals surface area contributed by atoms with Gasteiger partial charge in [0.05, 0.1) is 7.11 Å². The van der Waals surface area contributed by atoms with E-state index in [1.54, 1.807) is 14.0 Å². The molecule has 0 spiro atoms. The van der Waals surface area contributed by atoms with Crippen LogP contribution in [-0.2, 0) is 4.79 Å². The molecule has 5 heteroatoms. The molecular weight excluding hydrogens is 256 g/mol. The number of rotatable bonds is 4. The van der Waals surface area contributed by atoms with Crippen LogP contribution in [0, 0.1) is 0 Å². The number of hydrogen-bond acceptors (Lipinski definition) is 4. The Morgan fingerprint density at radius 3 is 2.35 bits per heavy atom. The number of piperazine rings is 1. The number of methoxy groups -OCH3 is 1. The molecule has 1 heterocycles. The summed E-state index contributed by atoms with van der Waals surface area (Å²) in [5, 5.41) is 0. The van der Waals surface area contributed by atoms with Crippen LogP contribution in [0.5, 0.6) is 11.5 Å². The Morgan fingerprint density at radius 1 is 1.15 bits per heavy atom. The van der Waals surface area contributed by atoms with Crippen molar-refractivity contribution in [2.75, 3.05) is 40.3 Å². The van der Waals surface area contributed by atoms with Crippen molar-refractivity contribution in [1.82, 2.24) is 9.80 Å². The van der Waals surface area contributed by atoms with E-state index in [0.29, 0.717) is 11.5 Å². The molecule has 1 amide bonds. The zero-order chi connectivity index (χ0) is 14.5. The summed E-state index contributed by atoms with van der Waals surface area (Å²) < 4.78 is 11.0. The number of hydrogen-bond donors (Lipinski definition) is 0. The molecule has 2 rings (SSSR count). The maximum atomic E-state index is 12.4. The number of amides is 1. The number of ether oxygens (including phenoxy) is 2. The summed E-state index contributed by atoms with van der Waals surface area (Å²) in [5.74, 6) is 1.28. The number of likely N-dealkylation sites (N-methyl/N-ethyl adjacent to an activating group) is 1. The Morgan fingerprint density at radius 2 is 1.75 bits per heavy atom. The second-order valence-corrected chi connectivity index (χ2v) is 5.04. The van der Waals surface area contributed by atoms with Crippen LogP contribution in [0.2, 0.25) is 0 Å². The van der Waals surface area contributed by atoms with Crippen LogP contribution < -0.4 is 9.47 Å². The summed E-state index contributed by atoms with van der Waals surface area (Å²) in [4.78, 5) is 16.4. The number of benzene rings is 1. The highest BCUT2D eigenvalue weighted by Gasteiger charge is 2.25. The molecule has 0 aromatic heterocycles. The minimum Gasteiger partial charge on any atom is -0.493 e. The molecule has 5 nitrogen and oxygen atoms in total. The molecule has 1 atom stereocenters. The van der Waals surface area contributed by atoms with Gasteiger partial charge in [0.15, 0.2) is 17.6 Å². The monoisotopic (exact) mass is 278 g/mol. The van der Waals surface area contributed by atoms with Gasteiger partial charge in [0.2, 0.25) is 0 Å². The molecule has 20 heavy (non-hydrogen) atoms. The van der Waals surface area contributed by atoms with Crippen molar-refractivity contribution < 1.29 is 14.3 Å². The highest BCUT2D eigenvalue weighted by Crippen LogP contribution is 2.27. The lowest BCUT2D eigenvalue weighted by Gasteiger charge is -2.33. The van der Waals surface area contributed by atoms with Crippen LogP contribution in [0.15, 0.2) is 24.3 Å². The first-order valence-electron chi connectivity index (χ1n) is 6.89. The van der Waals surface area contributed by atoms with Gasteiger partial charge in [0, 0.05) is 26.2 Å². The minimum atomic E-state index is -0.505. The fourth-order valence-corrected chi connectivity index (χ4v) is 2.24. The van der Waals surface area contributed by atoms with Crippen LogP contribution >= 0.6 is 0 Å². The SMILES string of the molecule is COc1ccccc1OC(C)C(=O)N1CCN(C)CC1. The fourth-order valence-electron chi connectivity index (χ4n) is 2.24. The van der Waals surface area contributed by atoms with Gasteiger partial charge in [-0.15, -0.1) is 0 Å². The van der Waals surface area contributed by atoms with Gasteiger partial charge in [0.1, 0.15) is 0 Å². The number of para-hydroxylation sites is 2. The average molecular weight is 278 g/mol.